The van der Waals surface area contributed by atoms with E-state index >= 15 is 0 Å². The summed E-state index contributed by atoms with van der Waals surface area (Å²) < 4.78 is 11.2. The number of anilines is 1. The first kappa shape index (κ1) is 23.5. The summed E-state index contributed by atoms with van der Waals surface area (Å²) in [4.78, 5) is 12.5. The van der Waals surface area contributed by atoms with Gasteiger partial charge in [-0.3, -0.25) is 4.79 Å². The Bertz CT molecular complexity index is 1200. The molecule has 0 aliphatic carbocycles. The monoisotopic (exact) mass is 486 g/mol. The van der Waals surface area contributed by atoms with Gasteiger partial charge in [0.25, 0.3) is 5.91 Å². The van der Waals surface area contributed by atoms with Crippen molar-refractivity contribution in [1.29, 1.82) is 5.26 Å². The Morgan fingerprint density at radius 2 is 1.72 bits per heavy atom. The summed E-state index contributed by atoms with van der Waals surface area (Å²) in [5, 5.41) is 13.7. The van der Waals surface area contributed by atoms with Gasteiger partial charge in [-0.05, 0) is 60.2 Å². The van der Waals surface area contributed by atoms with Crippen LogP contribution in [0, 0.1) is 11.3 Å². The second-order valence-electron chi connectivity index (χ2n) is 6.57. The molecule has 0 saturated carbocycles. The van der Waals surface area contributed by atoms with Crippen LogP contribution >= 0.6 is 34.8 Å². The summed E-state index contributed by atoms with van der Waals surface area (Å²) in [6, 6.07) is 18.8. The van der Waals surface area contributed by atoms with Gasteiger partial charge in [0.2, 0.25) is 0 Å². The van der Waals surface area contributed by atoms with Crippen molar-refractivity contribution in [1.82, 2.24) is 0 Å². The molecule has 0 saturated heterocycles. The smallest absolute Gasteiger partial charge is 0.266 e. The van der Waals surface area contributed by atoms with E-state index in [2.05, 4.69) is 5.32 Å². The van der Waals surface area contributed by atoms with E-state index in [4.69, 9.17) is 44.3 Å². The number of carbonyl (C=O) groups is 1. The molecule has 0 aliphatic rings. The maximum atomic E-state index is 12.5. The summed E-state index contributed by atoms with van der Waals surface area (Å²) in [5.74, 6) is 0.394. The number of benzene rings is 3. The van der Waals surface area contributed by atoms with Crippen molar-refractivity contribution >= 4 is 52.5 Å². The second-order valence-corrected chi connectivity index (χ2v) is 7.85. The molecule has 3 aromatic rings. The molecule has 1 amide bonds. The molecule has 1 N–H and O–H groups in total. The zero-order chi connectivity index (χ0) is 23.1. The van der Waals surface area contributed by atoms with E-state index in [1.807, 2.05) is 6.07 Å². The number of hydrogen-bond donors (Lipinski definition) is 1. The third-order valence-corrected chi connectivity index (χ3v) is 5.20. The summed E-state index contributed by atoms with van der Waals surface area (Å²) in [6.07, 6.45) is 1.47. The number of carbonyl (C=O) groups excluding carboxylic acids is 1. The molecule has 3 rings (SSSR count). The van der Waals surface area contributed by atoms with Crippen LogP contribution < -0.4 is 14.8 Å². The summed E-state index contributed by atoms with van der Waals surface area (Å²) >= 11 is 18.0. The van der Waals surface area contributed by atoms with Crippen molar-refractivity contribution in [3.8, 4) is 17.6 Å². The van der Waals surface area contributed by atoms with Gasteiger partial charge >= 0.3 is 0 Å². The van der Waals surface area contributed by atoms with Gasteiger partial charge in [0, 0.05) is 26.3 Å². The quantitative estimate of drug-likeness (QED) is 0.294. The Kier molecular flexibility index (Phi) is 8.02. The predicted molar refractivity (Wildman–Crippen MR) is 127 cm³/mol. The largest absolute Gasteiger partial charge is 0.493 e. The molecule has 0 heterocycles. The van der Waals surface area contributed by atoms with Crippen LogP contribution in [0.3, 0.4) is 0 Å². The number of halogens is 3. The fraction of sp³-hybridized carbons (Fsp3) is 0.0833. The van der Waals surface area contributed by atoms with Gasteiger partial charge in [-0.15, -0.1) is 0 Å². The first-order valence-electron chi connectivity index (χ1n) is 9.33. The third kappa shape index (κ3) is 6.18. The van der Waals surface area contributed by atoms with Crippen LogP contribution in [-0.4, -0.2) is 13.0 Å². The number of nitrogens with zero attached hydrogens (tertiary/aromatic N) is 1. The molecule has 0 fully saturated rings. The molecule has 0 aliphatic heterocycles. The number of methoxy groups -OCH3 is 1. The van der Waals surface area contributed by atoms with E-state index in [-0.39, 0.29) is 12.2 Å². The molecule has 8 heteroatoms. The normalized spacial score (nSPS) is 10.9. The number of ether oxygens (including phenoxy) is 2. The zero-order valence-electron chi connectivity index (χ0n) is 16.9. The number of amides is 1. The molecule has 0 bridgehead atoms. The van der Waals surface area contributed by atoms with Crippen LogP contribution in [-0.2, 0) is 11.4 Å². The minimum absolute atomic E-state index is 0.0661. The Morgan fingerprint density at radius 1 is 1.00 bits per heavy atom. The SMILES string of the molecule is COc1cc(/C=C(/C#N)C(=O)Nc2ccc(Cl)cc2)ccc1OCc1ccc(Cl)cc1Cl. The van der Waals surface area contributed by atoms with Crippen LogP contribution in [0.5, 0.6) is 11.5 Å². The fourth-order valence-corrected chi connectivity index (χ4v) is 3.32. The summed E-state index contributed by atoms with van der Waals surface area (Å²) in [6.45, 7) is 0.217. The van der Waals surface area contributed by atoms with Gasteiger partial charge < -0.3 is 14.8 Å². The van der Waals surface area contributed by atoms with Crippen LogP contribution in [0.4, 0.5) is 5.69 Å². The molecule has 0 radical (unpaired) electrons. The van der Waals surface area contributed by atoms with Gasteiger partial charge in [0.1, 0.15) is 18.2 Å². The van der Waals surface area contributed by atoms with Gasteiger partial charge in [0.05, 0.1) is 7.11 Å². The Morgan fingerprint density at radius 3 is 2.38 bits per heavy atom. The topological polar surface area (TPSA) is 71.3 Å². The van der Waals surface area contributed by atoms with Gasteiger partial charge in [-0.25, -0.2) is 0 Å². The lowest BCUT2D eigenvalue weighted by atomic mass is 10.1. The highest BCUT2D eigenvalue weighted by molar-refractivity contribution is 6.35. The van der Waals surface area contributed by atoms with Crippen molar-refractivity contribution < 1.29 is 14.3 Å². The maximum absolute atomic E-state index is 12.5. The highest BCUT2D eigenvalue weighted by Gasteiger charge is 2.12. The standard InChI is InChI=1S/C24H17Cl3N2O3/c1-31-23-11-15(2-9-22(23)32-14-16-3-4-19(26)12-21(16)27)10-17(13-28)24(30)29-20-7-5-18(25)6-8-20/h2-12H,14H2,1H3,(H,29,30)/b17-10-. The first-order valence-corrected chi connectivity index (χ1v) is 10.5. The molecule has 0 atom stereocenters. The van der Waals surface area contributed by atoms with Crippen molar-refractivity contribution in [2.24, 2.45) is 0 Å². The molecule has 0 unspecified atom stereocenters. The summed E-state index contributed by atoms with van der Waals surface area (Å²) in [7, 11) is 1.50. The molecule has 0 aromatic heterocycles. The first-order chi connectivity index (χ1) is 15.4. The Balaban J connectivity index is 1.75. The van der Waals surface area contributed by atoms with Crippen molar-refractivity contribution in [2.75, 3.05) is 12.4 Å². The number of hydrogen-bond acceptors (Lipinski definition) is 4. The highest BCUT2D eigenvalue weighted by atomic mass is 35.5. The van der Waals surface area contributed by atoms with Crippen LogP contribution in [0.2, 0.25) is 15.1 Å². The Hall–Kier alpha value is -3.17. The molecule has 162 valence electrons. The van der Waals surface area contributed by atoms with Crippen molar-refractivity contribution in [3.63, 3.8) is 0 Å². The van der Waals surface area contributed by atoms with Gasteiger partial charge in [-0.1, -0.05) is 46.9 Å². The molecule has 32 heavy (non-hydrogen) atoms. The number of nitrogens with one attached hydrogen (secondary N) is 1. The summed E-state index contributed by atoms with van der Waals surface area (Å²) in [5.41, 5.74) is 1.83. The predicted octanol–water partition coefficient (Wildman–Crippen LogP) is 6.78. The molecule has 3 aromatic carbocycles. The van der Waals surface area contributed by atoms with Gasteiger partial charge in [-0.2, -0.15) is 5.26 Å². The zero-order valence-corrected chi connectivity index (χ0v) is 19.1. The molecule has 0 spiro atoms. The van der Waals surface area contributed by atoms with E-state index in [0.717, 1.165) is 5.56 Å². The number of nitriles is 1. The van der Waals surface area contributed by atoms with Gasteiger partial charge in [0.15, 0.2) is 11.5 Å². The average molecular weight is 488 g/mol. The minimum Gasteiger partial charge on any atom is -0.493 e. The molecule has 5 nitrogen and oxygen atoms in total. The van der Waals surface area contributed by atoms with Crippen LogP contribution in [0.15, 0.2) is 66.2 Å². The fourth-order valence-electron chi connectivity index (χ4n) is 2.73. The Labute approximate surface area is 200 Å². The maximum Gasteiger partial charge on any atom is 0.266 e. The van der Waals surface area contributed by atoms with E-state index < -0.39 is 5.91 Å². The number of rotatable bonds is 7. The lowest BCUT2D eigenvalue weighted by Gasteiger charge is -2.12. The van der Waals surface area contributed by atoms with E-state index in [9.17, 15) is 10.1 Å². The molecular weight excluding hydrogens is 471 g/mol. The minimum atomic E-state index is -0.536. The lowest BCUT2D eigenvalue weighted by Crippen LogP contribution is -2.13. The second kappa shape index (κ2) is 10.9. The lowest BCUT2D eigenvalue weighted by molar-refractivity contribution is -0.112. The van der Waals surface area contributed by atoms with E-state index in [0.29, 0.717) is 37.8 Å². The van der Waals surface area contributed by atoms with Crippen molar-refractivity contribution in [2.45, 2.75) is 6.61 Å². The van der Waals surface area contributed by atoms with Crippen molar-refractivity contribution in [3.05, 3.63) is 92.4 Å². The van der Waals surface area contributed by atoms with E-state index in [1.165, 1.54) is 13.2 Å². The molecular formula is C24H17Cl3N2O3. The highest BCUT2D eigenvalue weighted by Crippen LogP contribution is 2.31. The van der Waals surface area contributed by atoms with E-state index in [1.54, 1.807) is 60.7 Å². The third-order valence-electron chi connectivity index (χ3n) is 4.36. The van der Waals surface area contributed by atoms with Crippen LogP contribution in [0.1, 0.15) is 11.1 Å². The average Bonchev–Trinajstić information content (AvgIpc) is 2.78. The van der Waals surface area contributed by atoms with Crippen LogP contribution in [0.25, 0.3) is 6.08 Å².